The number of hydrogen-bond acceptors (Lipinski definition) is 2. The fourth-order valence-corrected chi connectivity index (χ4v) is 0.517. The van der Waals surface area contributed by atoms with Crippen molar-refractivity contribution in [2.24, 2.45) is 5.92 Å². The van der Waals surface area contributed by atoms with Crippen molar-refractivity contribution in [2.75, 3.05) is 0 Å². The van der Waals surface area contributed by atoms with Crippen LogP contribution in [-0.2, 0) is 0 Å². The Morgan fingerprint density at radius 3 is 2.43 bits per heavy atom. The van der Waals surface area contributed by atoms with Gasteiger partial charge in [0.15, 0.2) is 0 Å². The Labute approximate surface area is 42.4 Å². The highest BCUT2D eigenvalue weighted by Crippen LogP contribution is 2.31. The molecular formula is C5H7NO. The molecular weight excluding hydrogens is 90.1 g/mol. The van der Waals surface area contributed by atoms with Gasteiger partial charge >= 0.3 is 0 Å². The minimum absolute atomic E-state index is 0.310. The van der Waals surface area contributed by atoms with Crippen LogP contribution >= 0.6 is 0 Å². The lowest BCUT2D eigenvalue weighted by molar-refractivity contribution is 0.207. The Balaban J connectivity index is 2.27. The highest BCUT2D eigenvalue weighted by atomic mass is 16.3. The fraction of sp³-hybridized carbons (Fsp3) is 0.800. The van der Waals surface area contributed by atoms with Crippen LogP contribution < -0.4 is 0 Å². The van der Waals surface area contributed by atoms with Crippen LogP contribution in [-0.4, -0.2) is 11.2 Å². The summed E-state index contributed by atoms with van der Waals surface area (Å²) in [4.78, 5) is 0. The van der Waals surface area contributed by atoms with E-state index in [-0.39, 0.29) is 0 Å². The summed E-state index contributed by atoms with van der Waals surface area (Å²) >= 11 is 0. The van der Waals surface area contributed by atoms with Gasteiger partial charge in [0.05, 0.1) is 6.07 Å². The van der Waals surface area contributed by atoms with Crippen molar-refractivity contribution >= 4 is 0 Å². The predicted molar refractivity (Wildman–Crippen MR) is 24.3 cm³/mol. The van der Waals surface area contributed by atoms with Crippen molar-refractivity contribution in [1.82, 2.24) is 0 Å². The Morgan fingerprint density at radius 2 is 2.29 bits per heavy atom. The Bertz CT molecular complexity index is 101. The van der Waals surface area contributed by atoms with Gasteiger partial charge in [0.1, 0.15) is 6.10 Å². The van der Waals surface area contributed by atoms with Gasteiger partial charge in [-0.1, -0.05) is 0 Å². The van der Waals surface area contributed by atoms with E-state index in [0.717, 1.165) is 12.8 Å². The smallest absolute Gasteiger partial charge is 0.143 e. The summed E-state index contributed by atoms with van der Waals surface area (Å²) in [7, 11) is 0. The van der Waals surface area contributed by atoms with Crippen LogP contribution in [0.25, 0.3) is 0 Å². The van der Waals surface area contributed by atoms with Gasteiger partial charge in [0, 0.05) is 0 Å². The first-order chi connectivity index (χ1) is 3.34. The van der Waals surface area contributed by atoms with E-state index in [1.807, 2.05) is 0 Å². The summed E-state index contributed by atoms with van der Waals surface area (Å²) < 4.78 is 0. The molecule has 38 valence electrons. The van der Waals surface area contributed by atoms with E-state index < -0.39 is 6.10 Å². The standard InChI is InChI=1S/C5H7NO/c6-3-5(7)4-1-2-4/h4-5,7H,1-2H2. The molecule has 1 rings (SSSR count). The molecule has 1 aliphatic carbocycles. The number of rotatable bonds is 1. The van der Waals surface area contributed by atoms with Gasteiger partial charge in [-0.25, -0.2) is 0 Å². The molecule has 0 bridgehead atoms. The van der Waals surface area contributed by atoms with Gasteiger partial charge in [-0.15, -0.1) is 0 Å². The van der Waals surface area contributed by atoms with Crippen molar-refractivity contribution in [2.45, 2.75) is 18.9 Å². The molecule has 1 atom stereocenters. The molecule has 0 aliphatic heterocycles. The molecule has 1 saturated carbocycles. The third-order valence-corrected chi connectivity index (χ3v) is 1.20. The average Bonchev–Trinajstić information content (AvgIpc) is 2.44. The number of nitrogens with zero attached hydrogens (tertiary/aromatic N) is 1. The summed E-state index contributed by atoms with van der Waals surface area (Å²) in [6.07, 6.45) is 1.39. The zero-order chi connectivity index (χ0) is 5.28. The van der Waals surface area contributed by atoms with Gasteiger partial charge in [0.2, 0.25) is 0 Å². The Morgan fingerprint density at radius 1 is 1.71 bits per heavy atom. The predicted octanol–water partition coefficient (Wildman–Crippen LogP) is 0.281. The van der Waals surface area contributed by atoms with Gasteiger partial charge in [-0.2, -0.15) is 5.26 Å². The SMILES string of the molecule is N#CC(O)C1CC1. The maximum atomic E-state index is 8.64. The normalized spacial score (nSPS) is 23.4. The first-order valence-corrected chi connectivity index (χ1v) is 2.42. The maximum Gasteiger partial charge on any atom is 0.143 e. The maximum absolute atomic E-state index is 8.64. The summed E-state index contributed by atoms with van der Waals surface area (Å²) in [5.74, 6) is 0.310. The zero-order valence-corrected chi connectivity index (χ0v) is 3.96. The fourth-order valence-electron chi connectivity index (χ4n) is 0.517. The molecule has 1 unspecified atom stereocenters. The Hall–Kier alpha value is -0.550. The van der Waals surface area contributed by atoms with E-state index in [4.69, 9.17) is 10.4 Å². The highest BCUT2D eigenvalue weighted by Gasteiger charge is 2.29. The second-order valence-electron chi connectivity index (χ2n) is 1.91. The van der Waals surface area contributed by atoms with E-state index in [2.05, 4.69) is 0 Å². The van der Waals surface area contributed by atoms with Crippen LogP contribution in [0.3, 0.4) is 0 Å². The topological polar surface area (TPSA) is 44.0 Å². The van der Waals surface area contributed by atoms with Crippen molar-refractivity contribution in [3.8, 4) is 6.07 Å². The van der Waals surface area contributed by atoms with Gasteiger partial charge in [-0.3, -0.25) is 0 Å². The van der Waals surface area contributed by atoms with Crippen LogP contribution in [0, 0.1) is 17.2 Å². The molecule has 1 N–H and O–H groups in total. The minimum atomic E-state index is -0.681. The molecule has 0 aromatic rings. The highest BCUT2D eigenvalue weighted by molar-refractivity contribution is 4.94. The molecule has 0 spiro atoms. The Kier molecular flexibility index (Phi) is 0.994. The lowest BCUT2D eigenvalue weighted by atomic mass is 10.3. The van der Waals surface area contributed by atoms with Crippen molar-refractivity contribution in [3.63, 3.8) is 0 Å². The molecule has 0 aromatic carbocycles. The zero-order valence-electron chi connectivity index (χ0n) is 3.96. The molecule has 0 amide bonds. The summed E-state index contributed by atoms with van der Waals surface area (Å²) in [6.45, 7) is 0. The largest absolute Gasteiger partial charge is 0.378 e. The first kappa shape index (κ1) is 4.61. The molecule has 1 aliphatic rings. The van der Waals surface area contributed by atoms with Crippen molar-refractivity contribution in [3.05, 3.63) is 0 Å². The minimum Gasteiger partial charge on any atom is -0.378 e. The second-order valence-corrected chi connectivity index (χ2v) is 1.91. The van der Waals surface area contributed by atoms with Crippen LogP contribution in [0.1, 0.15) is 12.8 Å². The average molecular weight is 97.1 g/mol. The number of nitriles is 1. The lowest BCUT2D eigenvalue weighted by Gasteiger charge is -1.90. The molecule has 0 saturated heterocycles. The number of aliphatic hydroxyl groups excluding tert-OH is 1. The lowest BCUT2D eigenvalue weighted by Crippen LogP contribution is -2.03. The molecule has 7 heavy (non-hydrogen) atoms. The van der Waals surface area contributed by atoms with E-state index in [1.165, 1.54) is 0 Å². The first-order valence-electron chi connectivity index (χ1n) is 2.42. The van der Waals surface area contributed by atoms with E-state index in [0.29, 0.717) is 5.92 Å². The van der Waals surface area contributed by atoms with Gasteiger partial charge in [-0.05, 0) is 18.8 Å². The molecule has 1 fully saturated rings. The van der Waals surface area contributed by atoms with Crippen molar-refractivity contribution in [1.29, 1.82) is 5.26 Å². The quantitative estimate of drug-likeness (QED) is 0.477. The molecule has 2 heteroatoms. The number of aliphatic hydroxyl groups is 1. The third-order valence-electron chi connectivity index (χ3n) is 1.20. The monoisotopic (exact) mass is 97.1 g/mol. The molecule has 0 heterocycles. The van der Waals surface area contributed by atoms with Crippen LogP contribution in [0.15, 0.2) is 0 Å². The molecule has 2 nitrogen and oxygen atoms in total. The van der Waals surface area contributed by atoms with Crippen LogP contribution in [0.4, 0.5) is 0 Å². The van der Waals surface area contributed by atoms with Crippen LogP contribution in [0.2, 0.25) is 0 Å². The van der Waals surface area contributed by atoms with Crippen molar-refractivity contribution < 1.29 is 5.11 Å². The van der Waals surface area contributed by atoms with Gasteiger partial charge in [0.25, 0.3) is 0 Å². The van der Waals surface area contributed by atoms with Crippen LogP contribution in [0.5, 0.6) is 0 Å². The van der Waals surface area contributed by atoms with E-state index in [1.54, 1.807) is 6.07 Å². The summed E-state index contributed by atoms with van der Waals surface area (Å²) in [5, 5.41) is 16.7. The number of hydrogen-bond donors (Lipinski definition) is 1. The van der Waals surface area contributed by atoms with Gasteiger partial charge < -0.3 is 5.11 Å². The summed E-state index contributed by atoms with van der Waals surface area (Å²) in [5.41, 5.74) is 0. The molecule has 0 aromatic heterocycles. The summed E-state index contributed by atoms with van der Waals surface area (Å²) in [6, 6.07) is 1.78. The molecule has 0 radical (unpaired) electrons. The second kappa shape index (κ2) is 1.51. The van der Waals surface area contributed by atoms with E-state index in [9.17, 15) is 0 Å². The van der Waals surface area contributed by atoms with E-state index >= 15 is 0 Å². The third kappa shape index (κ3) is 0.908.